The van der Waals surface area contributed by atoms with Gasteiger partial charge in [-0.05, 0) is 66.2 Å². The molecule has 5 aromatic rings. The molecule has 0 unspecified atom stereocenters. The summed E-state index contributed by atoms with van der Waals surface area (Å²) in [6.07, 6.45) is 7.84. The summed E-state index contributed by atoms with van der Waals surface area (Å²) in [6, 6.07) is 34.3. The molecule has 1 heterocycles. The molecule has 1 aliphatic rings. The second kappa shape index (κ2) is 8.31. The Morgan fingerprint density at radius 3 is 2.15 bits per heavy atom. The predicted molar refractivity (Wildman–Crippen MR) is 145 cm³/mol. The second-order valence-electron chi connectivity index (χ2n) is 8.21. The van der Waals surface area contributed by atoms with E-state index in [0.717, 1.165) is 28.3 Å². The zero-order valence-electron chi connectivity index (χ0n) is 18.6. The maximum atomic E-state index is 3.89. The normalized spacial score (nSPS) is 12.3. The van der Waals surface area contributed by atoms with E-state index in [0.29, 0.717) is 0 Å². The van der Waals surface area contributed by atoms with Crippen LogP contribution in [0.15, 0.2) is 133 Å². The van der Waals surface area contributed by atoms with Crippen LogP contribution in [0.2, 0.25) is 0 Å². The number of allylic oxidation sites excluding steroid dienone is 4. The molecule has 0 radical (unpaired) electrons. The summed E-state index contributed by atoms with van der Waals surface area (Å²) in [5, 5.41) is 2.44. The lowest BCUT2D eigenvalue weighted by Crippen LogP contribution is -2.09. The number of rotatable bonds is 5. The van der Waals surface area contributed by atoms with Crippen molar-refractivity contribution in [2.24, 2.45) is 0 Å². The monoisotopic (exact) mass is 434 g/mol. The molecular weight excluding hydrogens is 412 g/mol. The average Bonchev–Trinajstić information content (AvgIpc) is 3.24. The van der Waals surface area contributed by atoms with Crippen LogP contribution in [0.5, 0.6) is 0 Å². The SMILES string of the molecule is C=Cc1ccc(N(c2ccccc2)c2ccc3c(c2)c2ccccc2n3C2=CC=C=C=C2)cc1. The highest BCUT2D eigenvalue weighted by Gasteiger charge is 2.17. The molecule has 34 heavy (non-hydrogen) atoms. The van der Waals surface area contributed by atoms with E-state index < -0.39 is 0 Å². The molecule has 0 fully saturated rings. The Balaban J connectivity index is 1.59. The zero-order valence-corrected chi connectivity index (χ0v) is 18.6. The summed E-state index contributed by atoms with van der Waals surface area (Å²) in [4.78, 5) is 2.30. The summed E-state index contributed by atoms with van der Waals surface area (Å²) >= 11 is 0. The number of benzene rings is 4. The minimum absolute atomic E-state index is 1.08. The first-order valence-electron chi connectivity index (χ1n) is 11.3. The van der Waals surface area contributed by atoms with E-state index in [1.165, 1.54) is 21.8 Å². The van der Waals surface area contributed by atoms with Crippen LogP contribution in [0, 0.1) is 0 Å². The number of aromatic nitrogens is 1. The lowest BCUT2D eigenvalue weighted by Gasteiger charge is -2.25. The van der Waals surface area contributed by atoms with Gasteiger partial charge in [0.15, 0.2) is 0 Å². The van der Waals surface area contributed by atoms with E-state index in [1.807, 2.05) is 24.3 Å². The van der Waals surface area contributed by atoms with Crippen molar-refractivity contribution in [3.8, 4) is 0 Å². The fraction of sp³-hybridized carbons (Fsp3) is 0. The predicted octanol–water partition coefficient (Wildman–Crippen LogP) is 8.63. The Hall–Kier alpha value is -4.74. The smallest absolute Gasteiger partial charge is 0.0552 e. The summed E-state index contributed by atoms with van der Waals surface area (Å²) in [5.74, 6) is 0. The molecule has 0 saturated carbocycles. The van der Waals surface area contributed by atoms with Crippen LogP contribution in [0.3, 0.4) is 0 Å². The van der Waals surface area contributed by atoms with Crippen LogP contribution in [-0.4, -0.2) is 4.57 Å². The van der Waals surface area contributed by atoms with Crippen LogP contribution in [-0.2, 0) is 0 Å². The third kappa shape index (κ3) is 3.32. The molecular formula is C32H22N2. The average molecular weight is 435 g/mol. The zero-order chi connectivity index (χ0) is 22.9. The fourth-order valence-corrected chi connectivity index (χ4v) is 4.64. The van der Waals surface area contributed by atoms with Gasteiger partial charge in [0.2, 0.25) is 0 Å². The third-order valence-electron chi connectivity index (χ3n) is 6.21. The first-order chi connectivity index (χ1) is 16.8. The molecule has 4 aromatic carbocycles. The van der Waals surface area contributed by atoms with Gasteiger partial charge in [0.1, 0.15) is 0 Å². The molecule has 0 aliphatic heterocycles. The van der Waals surface area contributed by atoms with Gasteiger partial charge in [-0.15, -0.1) is 0 Å². The van der Waals surface area contributed by atoms with Crippen molar-refractivity contribution >= 4 is 50.6 Å². The molecule has 0 saturated heterocycles. The molecule has 0 amide bonds. The van der Waals surface area contributed by atoms with Crippen molar-refractivity contribution in [2.45, 2.75) is 0 Å². The summed E-state index contributed by atoms with van der Waals surface area (Å²) in [6.45, 7) is 3.89. The summed E-state index contributed by atoms with van der Waals surface area (Å²) in [7, 11) is 0. The lowest BCUT2D eigenvalue weighted by atomic mass is 10.1. The molecule has 160 valence electrons. The first kappa shape index (κ1) is 19.9. The minimum Gasteiger partial charge on any atom is -0.310 e. The van der Waals surface area contributed by atoms with Crippen LogP contribution in [0.1, 0.15) is 5.56 Å². The van der Waals surface area contributed by atoms with E-state index in [9.17, 15) is 0 Å². The van der Waals surface area contributed by atoms with Crippen molar-refractivity contribution in [2.75, 3.05) is 4.90 Å². The molecule has 0 spiro atoms. The van der Waals surface area contributed by atoms with Crippen molar-refractivity contribution in [1.29, 1.82) is 0 Å². The van der Waals surface area contributed by atoms with Crippen molar-refractivity contribution < 1.29 is 0 Å². The van der Waals surface area contributed by atoms with Gasteiger partial charge >= 0.3 is 0 Å². The Bertz CT molecular complexity index is 1670. The maximum Gasteiger partial charge on any atom is 0.0552 e. The first-order valence-corrected chi connectivity index (χ1v) is 11.3. The Morgan fingerprint density at radius 2 is 1.38 bits per heavy atom. The van der Waals surface area contributed by atoms with Gasteiger partial charge in [-0.3, -0.25) is 0 Å². The molecule has 1 aromatic heterocycles. The number of hydrogen-bond donors (Lipinski definition) is 0. The van der Waals surface area contributed by atoms with Crippen molar-refractivity contribution in [3.05, 3.63) is 139 Å². The minimum atomic E-state index is 1.08. The van der Waals surface area contributed by atoms with E-state index in [2.05, 4.69) is 125 Å². The number of hydrogen-bond acceptors (Lipinski definition) is 1. The Morgan fingerprint density at radius 1 is 0.676 bits per heavy atom. The van der Waals surface area contributed by atoms with Crippen LogP contribution in [0.25, 0.3) is 33.6 Å². The van der Waals surface area contributed by atoms with Gasteiger partial charge in [-0.2, -0.15) is 0 Å². The van der Waals surface area contributed by atoms with E-state index >= 15 is 0 Å². The van der Waals surface area contributed by atoms with E-state index in [1.54, 1.807) is 0 Å². The van der Waals surface area contributed by atoms with Gasteiger partial charge in [-0.25, -0.2) is 0 Å². The second-order valence-corrected chi connectivity index (χ2v) is 8.21. The van der Waals surface area contributed by atoms with Crippen molar-refractivity contribution in [1.82, 2.24) is 4.57 Å². The number of nitrogens with zero attached hydrogens (tertiary/aromatic N) is 2. The molecule has 6 rings (SSSR count). The van der Waals surface area contributed by atoms with E-state index in [4.69, 9.17) is 0 Å². The van der Waals surface area contributed by atoms with Gasteiger partial charge in [0.25, 0.3) is 0 Å². The fourth-order valence-electron chi connectivity index (χ4n) is 4.64. The standard InChI is InChI=1S/C32H22N2/c1-2-24-17-19-27(20-18-24)33(25-11-5-3-6-12-25)28-21-22-32-30(23-28)29-15-9-10-16-31(29)34(32)26-13-7-4-8-14-26/h2-3,5-7,9-23H,1H2. The number of para-hydroxylation sites is 2. The molecule has 1 aliphatic carbocycles. The largest absolute Gasteiger partial charge is 0.310 e. The third-order valence-corrected chi connectivity index (χ3v) is 6.21. The van der Waals surface area contributed by atoms with Crippen LogP contribution in [0.4, 0.5) is 17.1 Å². The van der Waals surface area contributed by atoms with Crippen LogP contribution >= 0.6 is 0 Å². The van der Waals surface area contributed by atoms with Gasteiger partial charge in [0.05, 0.1) is 16.7 Å². The molecule has 2 nitrogen and oxygen atoms in total. The highest BCUT2D eigenvalue weighted by atomic mass is 15.1. The molecule has 0 atom stereocenters. The van der Waals surface area contributed by atoms with Crippen LogP contribution < -0.4 is 4.90 Å². The molecule has 0 N–H and O–H groups in total. The lowest BCUT2D eigenvalue weighted by molar-refractivity contribution is 1.23. The Labute approximate surface area is 199 Å². The quantitative estimate of drug-likeness (QED) is 0.251. The Kier molecular flexibility index (Phi) is 4.87. The van der Waals surface area contributed by atoms with E-state index in [-0.39, 0.29) is 0 Å². The van der Waals surface area contributed by atoms with Gasteiger partial charge < -0.3 is 9.47 Å². The highest BCUT2D eigenvalue weighted by Crippen LogP contribution is 2.39. The maximum absolute atomic E-state index is 3.89. The topological polar surface area (TPSA) is 8.17 Å². The summed E-state index contributed by atoms with van der Waals surface area (Å²) < 4.78 is 2.30. The highest BCUT2D eigenvalue weighted by molar-refractivity contribution is 6.11. The molecule has 0 bridgehead atoms. The van der Waals surface area contributed by atoms with Gasteiger partial charge in [0, 0.05) is 33.9 Å². The number of fused-ring (bicyclic) bond motifs is 3. The van der Waals surface area contributed by atoms with Crippen molar-refractivity contribution in [3.63, 3.8) is 0 Å². The summed E-state index contributed by atoms with van der Waals surface area (Å²) in [5.41, 5.74) is 14.0. The number of anilines is 3. The van der Waals surface area contributed by atoms with Gasteiger partial charge in [-0.1, -0.05) is 72.6 Å². The molecule has 2 heteroatoms.